The second kappa shape index (κ2) is 6.68. The first-order valence-electron chi connectivity index (χ1n) is 6.51. The first-order chi connectivity index (χ1) is 8.01. The molecule has 1 fully saturated rings. The summed E-state index contributed by atoms with van der Waals surface area (Å²) in [6, 6.07) is -0.0325. The van der Waals surface area contributed by atoms with Gasteiger partial charge in [0, 0.05) is 25.7 Å². The Kier molecular flexibility index (Phi) is 5.85. The second-order valence-corrected chi connectivity index (χ2v) is 6.51. The van der Waals surface area contributed by atoms with Crippen LogP contribution in [0.2, 0.25) is 0 Å². The van der Waals surface area contributed by atoms with Gasteiger partial charge >= 0.3 is 0 Å². The molecule has 0 aliphatic heterocycles. The van der Waals surface area contributed by atoms with Gasteiger partial charge in [-0.15, -0.1) is 0 Å². The van der Waals surface area contributed by atoms with Crippen molar-refractivity contribution in [2.75, 3.05) is 19.6 Å². The van der Waals surface area contributed by atoms with Gasteiger partial charge in [0.25, 0.3) is 10.2 Å². The molecule has 1 unspecified atom stereocenters. The minimum absolute atomic E-state index is 0.0325. The normalized spacial score (nSPS) is 18.6. The van der Waals surface area contributed by atoms with E-state index in [1.54, 1.807) is 0 Å². The van der Waals surface area contributed by atoms with E-state index in [2.05, 4.69) is 4.72 Å². The van der Waals surface area contributed by atoms with Crippen molar-refractivity contribution in [1.29, 1.82) is 0 Å². The fourth-order valence-electron chi connectivity index (χ4n) is 1.83. The zero-order valence-corrected chi connectivity index (χ0v) is 11.7. The Balaban J connectivity index is 2.45. The van der Waals surface area contributed by atoms with Crippen LogP contribution >= 0.6 is 0 Å². The van der Waals surface area contributed by atoms with Gasteiger partial charge in [-0.05, 0) is 31.6 Å². The van der Waals surface area contributed by atoms with Crippen molar-refractivity contribution in [3.8, 4) is 0 Å². The van der Waals surface area contributed by atoms with Gasteiger partial charge in [-0.25, -0.2) is 4.72 Å². The molecular weight excluding hydrogens is 238 g/mol. The van der Waals surface area contributed by atoms with Gasteiger partial charge in [0.2, 0.25) is 0 Å². The van der Waals surface area contributed by atoms with Crippen LogP contribution in [-0.2, 0) is 10.2 Å². The minimum atomic E-state index is -3.34. The third-order valence-electron chi connectivity index (χ3n) is 3.01. The van der Waals surface area contributed by atoms with Crippen molar-refractivity contribution in [2.24, 2.45) is 11.7 Å². The standard InChI is InChI=1S/C11H25N3O2S/c1-3-7-14(8-4-2)17(15,16)13-9-11(12)10-5-6-10/h10-11,13H,3-9,12H2,1-2H3. The van der Waals surface area contributed by atoms with Crippen molar-refractivity contribution in [1.82, 2.24) is 9.03 Å². The maximum atomic E-state index is 12.0. The lowest BCUT2D eigenvalue weighted by Gasteiger charge is -2.22. The Labute approximate surface area is 105 Å². The van der Waals surface area contributed by atoms with E-state index in [4.69, 9.17) is 5.73 Å². The maximum Gasteiger partial charge on any atom is 0.279 e. The fraction of sp³-hybridized carbons (Fsp3) is 1.00. The van der Waals surface area contributed by atoms with E-state index in [9.17, 15) is 8.42 Å². The molecule has 0 aromatic carbocycles. The zero-order chi connectivity index (χ0) is 12.9. The predicted molar refractivity (Wildman–Crippen MR) is 69.8 cm³/mol. The summed E-state index contributed by atoms with van der Waals surface area (Å²) >= 11 is 0. The van der Waals surface area contributed by atoms with Gasteiger partial charge in [0.15, 0.2) is 0 Å². The number of nitrogens with zero attached hydrogens (tertiary/aromatic N) is 1. The zero-order valence-electron chi connectivity index (χ0n) is 10.9. The van der Waals surface area contributed by atoms with Crippen LogP contribution in [0.25, 0.3) is 0 Å². The van der Waals surface area contributed by atoms with E-state index in [1.807, 2.05) is 13.8 Å². The molecule has 0 aromatic heterocycles. The molecule has 0 bridgehead atoms. The number of hydrogen-bond acceptors (Lipinski definition) is 3. The third-order valence-corrected chi connectivity index (χ3v) is 4.59. The van der Waals surface area contributed by atoms with E-state index in [0.29, 0.717) is 25.6 Å². The summed E-state index contributed by atoms with van der Waals surface area (Å²) in [4.78, 5) is 0. The summed E-state index contributed by atoms with van der Waals surface area (Å²) in [6.07, 6.45) is 3.93. The molecule has 1 aliphatic carbocycles. The highest BCUT2D eigenvalue weighted by Gasteiger charge is 2.30. The highest BCUT2D eigenvalue weighted by Crippen LogP contribution is 2.31. The highest BCUT2D eigenvalue weighted by atomic mass is 32.2. The molecule has 0 heterocycles. The van der Waals surface area contributed by atoms with Crippen LogP contribution in [0, 0.1) is 5.92 Å². The molecule has 102 valence electrons. The molecule has 6 heteroatoms. The summed E-state index contributed by atoms with van der Waals surface area (Å²) < 4.78 is 28.2. The quantitative estimate of drug-likeness (QED) is 0.642. The third kappa shape index (κ3) is 4.91. The predicted octanol–water partition coefficient (Wildman–Crippen LogP) is 0.680. The Morgan fingerprint density at radius 1 is 1.29 bits per heavy atom. The second-order valence-electron chi connectivity index (χ2n) is 4.75. The van der Waals surface area contributed by atoms with E-state index in [-0.39, 0.29) is 6.04 Å². The van der Waals surface area contributed by atoms with E-state index in [1.165, 1.54) is 4.31 Å². The molecule has 0 spiro atoms. The van der Waals surface area contributed by atoms with Crippen LogP contribution in [0.4, 0.5) is 0 Å². The van der Waals surface area contributed by atoms with Gasteiger partial charge in [-0.3, -0.25) is 0 Å². The van der Waals surface area contributed by atoms with Crippen molar-refractivity contribution >= 4 is 10.2 Å². The van der Waals surface area contributed by atoms with Gasteiger partial charge < -0.3 is 5.73 Å². The van der Waals surface area contributed by atoms with Crippen LogP contribution in [0.1, 0.15) is 39.5 Å². The van der Waals surface area contributed by atoms with Crippen LogP contribution in [-0.4, -0.2) is 38.4 Å². The molecule has 1 rings (SSSR count). The lowest BCUT2D eigenvalue weighted by atomic mass is 10.2. The summed E-state index contributed by atoms with van der Waals surface area (Å²) in [5.74, 6) is 0.517. The Bertz CT molecular complexity index is 309. The van der Waals surface area contributed by atoms with E-state index in [0.717, 1.165) is 25.7 Å². The number of rotatable bonds is 9. The molecule has 1 aliphatic rings. The SMILES string of the molecule is CCCN(CCC)S(=O)(=O)NCC(N)C1CC1. The van der Waals surface area contributed by atoms with Crippen LogP contribution in [0.3, 0.4) is 0 Å². The fourth-order valence-corrected chi connectivity index (χ4v) is 3.27. The van der Waals surface area contributed by atoms with Crippen molar-refractivity contribution in [3.63, 3.8) is 0 Å². The van der Waals surface area contributed by atoms with Crippen LogP contribution < -0.4 is 10.5 Å². The summed E-state index contributed by atoms with van der Waals surface area (Å²) in [5.41, 5.74) is 5.89. The number of nitrogens with one attached hydrogen (secondary N) is 1. The number of nitrogens with two attached hydrogens (primary N) is 1. The smallest absolute Gasteiger partial charge is 0.279 e. The highest BCUT2D eigenvalue weighted by molar-refractivity contribution is 7.87. The molecule has 0 aromatic rings. The van der Waals surface area contributed by atoms with Gasteiger partial charge in [0.05, 0.1) is 0 Å². The summed E-state index contributed by atoms with van der Waals surface area (Å²) in [7, 11) is -3.34. The van der Waals surface area contributed by atoms with Crippen molar-refractivity contribution in [3.05, 3.63) is 0 Å². The largest absolute Gasteiger partial charge is 0.326 e. The van der Waals surface area contributed by atoms with Crippen LogP contribution in [0.15, 0.2) is 0 Å². The molecule has 0 saturated heterocycles. The lowest BCUT2D eigenvalue weighted by Crippen LogP contribution is -2.46. The molecule has 3 N–H and O–H groups in total. The van der Waals surface area contributed by atoms with E-state index < -0.39 is 10.2 Å². The first kappa shape index (κ1) is 14.9. The Morgan fingerprint density at radius 2 is 1.82 bits per heavy atom. The molecular formula is C11H25N3O2S. The molecule has 5 nitrogen and oxygen atoms in total. The van der Waals surface area contributed by atoms with Gasteiger partial charge in [-0.1, -0.05) is 13.8 Å². The summed E-state index contributed by atoms with van der Waals surface area (Å²) in [5, 5.41) is 0. The molecule has 17 heavy (non-hydrogen) atoms. The molecule has 1 atom stereocenters. The average Bonchev–Trinajstić information content (AvgIpc) is 3.09. The van der Waals surface area contributed by atoms with Crippen LogP contribution in [0.5, 0.6) is 0 Å². The topological polar surface area (TPSA) is 75.4 Å². The van der Waals surface area contributed by atoms with Crippen molar-refractivity contribution in [2.45, 2.75) is 45.6 Å². The Hall–Kier alpha value is -0.170. The first-order valence-corrected chi connectivity index (χ1v) is 7.95. The van der Waals surface area contributed by atoms with E-state index >= 15 is 0 Å². The lowest BCUT2D eigenvalue weighted by molar-refractivity contribution is 0.399. The molecule has 1 saturated carbocycles. The summed E-state index contributed by atoms with van der Waals surface area (Å²) in [6.45, 7) is 5.46. The minimum Gasteiger partial charge on any atom is -0.326 e. The Morgan fingerprint density at radius 3 is 2.24 bits per heavy atom. The monoisotopic (exact) mass is 263 g/mol. The maximum absolute atomic E-state index is 12.0. The average molecular weight is 263 g/mol. The number of hydrogen-bond donors (Lipinski definition) is 2. The van der Waals surface area contributed by atoms with Crippen molar-refractivity contribution < 1.29 is 8.42 Å². The molecule has 0 amide bonds. The van der Waals surface area contributed by atoms with Gasteiger partial charge in [0.1, 0.15) is 0 Å². The molecule has 0 radical (unpaired) electrons. The van der Waals surface area contributed by atoms with Gasteiger partial charge in [-0.2, -0.15) is 12.7 Å².